The minimum Gasteiger partial charge on any atom is -0.493 e. The Morgan fingerprint density at radius 2 is 2.24 bits per heavy atom. The van der Waals surface area contributed by atoms with Crippen LogP contribution < -0.4 is 10.1 Å². The predicted molar refractivity (Wildman–Crippen MR) is 69.4 cm³/mol. The van der Waals surface area contributed by atoms with Crippen molar-refractivity contribution >= 4 is 0 Å². The summed E-state index contributed by atoms with van der Waals surface area (Å²) in [5, 5.41) is 3.65. The zero-order valence-electron chi connectivity index (χ0n) is 10.8. The van der Waals surface area contributed by atoms with E-state index in [0.29, 0.717) is 11.5 Å². The lowest BCUT2D eigenvalue weighted by molar-refractivity contribution is 0.356. The van der Waals surface area contributed by atoms with Crippen LogP contribution in [0.4, 0.5) is 0 Å². The average molecular weight is 231 g/mol. The highest BCUT2D eigenvalue weighted by Crippen LogP contribution is 2.54. The van der Waals surface area contributed by atoms with Gasteiger partial charge in [-0.05, 0) is 42.0 Å². The standard InChI is InChI=1S/C15H21NO/c1-3-16-14(15(2)7-8-15)12-4-5-13-11(10-12)6-9-17-13/h4-5,10,14,16H,3,6-9H2,1-2H3. The van der Waals surface area contributed by atoms with Gasteiger partial charge in [-0.2, -0.15) is 0 Å². The van der Waals surface area contributed by atoms with Crippen molar-refractivity contribution in [3.63, 3.8) is 0 Å². The van der Waals surface area contributed by atoms with Gasteiger partial charge in [-0.15, -0.1) is 0 Å². The Labute approximate surface area is 103 Å². The fourth-order valence-corrected chi connectivity index (χ4v) is 2.84. The molecular weight excluding hydrogens is 210 g/mol. The second-order valence-corrected chi connectivity index (χ2v) is 5.61. The molecular formula is C15H21NO. The third-order valence-corrected chi connectivity index (χ3v) is 4.19. The number of nitrogens with one attached hydrogen (secondary N) is 1. The average Bonchev–Trinajstić information content (AvgIpc) is 2.92. The molecule has 1 atom stereocenters. The van der Waals surface area contributed by atoms with Gasteiger partial charge in [-0.25, -0.2) is 0 Å². The van der Waals surface area contributed by atoms with Crippen molar-refractivity contribution in [2.45, 2.75) is 39.2 Å². The SMILES string of the molecule is CCNC(c1ccc2c(c1)CCO2)C1(C)CC1. The molecule has 1 unspecified atom stereocenters. The molecule has 0 amide bonds. The van der Waals surface area contributed by atoms with Gasteiger partial charge in [0.1, 0.15) is 5.75 Å². The Hall–Kier alpha value is -1.02. The molecule has 1 fully saturated rings. The molecule has 1 heterocycles. The fraction of sp³-hybridized carbons (Fsp3) is 0.600. The van der Waals surface area contributed by atoms with Crippen LogP contribution in [-0.4, -0.2) is 13.2 Å². The highest BCUT2D eigenvalue weighted by Gasteiger charge is 2.45. The summed E-state index contributed by atoms with van der Waals surface area (Å²) in [4.78, 5) is 0. The molecule has 3 rings (SSSR count). The first-order chi connectivity index (χ1) is 8.23. The summed E-state index contributed by atoms with van der Waals surface area (Å²) in [5.41, 5.74) is 3.30. The van der Waals surface area contributed by atoms with Gasteiger partial charge < -0.3 is 10.1 Å². The normalized spacial score (nSPS) is 21.8. The summed E-state index contributed by atoms with van der Waals surface area (Å²) >= 11 is 0. The Morgan fingerprint density at radius 1 is 1.41 bits per heavy atom. The monoisotopic (exact) mass is 231 g/mol. The topological polar surface area (TPSA) is 21.3 Å². The maximum atomic E-state index is 5.57. The molecule has 2 aliphatic rings. The maximum Gasteiger partial charge on any atom is 0.122 e. The third kappa shape index (κ3) is 1.95. The van der Waals surface area contributed by atoms with Crippen molar-refractivity contribution in [2.75, 3.05) is 13.2 Å². The van der Waals surface area contributed by atoms with Crippen molar-refractivity contribution < 1.29 is 4.74 Å². The van der Waals surface area contributed by atoms with E-state index in [0.717, 1.165) is 25.3 Å². The maximum absolute atomic E-state index is 5.57. The summed E-state index contributed by atoms with van der Waals surface area (Å²) in [6.45, 7) is 6.47. The molecule has 17 heavy (non-hydrogen) atoms. The van der Waals surface area contributed by atoms with E-state index in [9.17, 15) is 0 Å². The fourth-order valence-electron chi connectivity index (χ4n) is 2.84. The quantitative estimate of drug-likeness (QED) is 0.860. The summed E-state index contributed by atoms with van der Waals surface area (Å²) in [6, 6.07) is 7.24. The molecule has 0 bridgehead atoms. The van der Waals surface area contributed by atoms with E-state index in [1.54, 1.807) is 0 Å². The number of benzene rings is 1. The summed E-state index contributed by atoms with van der Waals surface area (Å²) < 4.78 is 5.57. The molecule has 1 saturated carbocycles. The first kappa shape index (κ1) is 11.1. The Balaban J connectivity index is 1.90. The lowest BCUT2D eigenvalue weighted by Gasteiger charge is -2.25. The first-order valence-electron chi connectivity index (χ1n) is 6.72. The van der Waals surface area contributed by atoms with E-state index in [-0.39, 0.29) is 0 Å². The largest absolute Gasteiger partial charge is 0.493 e. The van der Waals surface area contributed by atoms with Crippen LogP contribution >= 0.6 is 0 Å². The molecule has 1 N–H and O–H groups in total. The van der Waals surface area contributed by atoms with Crippen molar-refractivity contribution in [1.29, 1.82) is 0 Å². The third-order valence-electron chi connectivity index (χ3n) is 4.19. The van der Waals surface area contributed by atoms with Crippen molar-refractivity contribution in [1.82, 2.24) is 5.32 Å². The van der Waals surface area contributed by atoms with Crippen LogP contribution in [0.2, 0.25) is 0 Å². The van der Waals surface area contributed by atoms with Crippen LogP contribution in [0.5, 0.6) is 5.75 Å². The Kier molecular flexibility index (Phi) is 2.62. The van der Waals surface area contributed by atoms with E-state index in [4.69, 9.17) is 4.74 Å². The van der Waals surface area contributed by atoms with Crippen LogP contribution in [0.1, 0.15) is 43.9 Å². The second kappa shape index (κ2) is 4.02. The molecule has 92 valence electrons. The molecule has 0 saturated heterocycles. The molecule has 2 nitrogen and oxygen atoms in total. The van der Waals surface area contributed by atoms with Crippen LogP contribution in [-0.2, 0) is 6.42 Å². The van der Waals surface area contributed by atoms with Gasteiger partial charge in [0.15, 0.2) is 0 Å². The minimum absolute atomic E-state index is 0.476. The minimum atomic E-state index is 0.476. The second-order valence-electron chi connectivity index (χ2n) is 5.61. The van der Waals surface area contributed by atoms with Crippen LogP contribution in [0.25, 0.3) is 0 Å². The molecule has 0 aromatic heterocycles. The van der Waals surface area contributed by atoms with Gasteiger partial charge in [-0.3, -0.25) is 0 Å². The van der Waals surface area contributed by atoms with Gasteiger partial charge in [0.25, 0.3) is 0 Å². The number of hydrogen-bond donors (Lipinski definition) is 1. The van der Waals surface area contributed by atoms with Gasteiger partial charge in [0.05, 0.1) is 6.61 Å². The summed E-state index contributed by atoms with van der Waals surface area (Å²) in [5.74, 6) is 1.09. The van der Waals surface area contributed by atoms with Crippen LogP contribution in [0, 0.1) is 5.41 Å². The first-order valence-corrected chi connectivity index (χ1v) is 6.72. The van der Waals surface area contributed by atoms with Crippen LogP contribution in [0.15, 0.2) is 18.2 Å². The zero-order valence-corrected chi connectivity index (χ0v) is 10.8. The van der Waals surface area contributed by atoms with E-state index >= 15 is 0 Å². The molecule has 1 aliphatic carbocycles. The van der Waals surface area contributed by atoms with Gasteiger partial charge in [0.2, 0.25) is 0 Å². The highest BCUT2D eigenvalue weighted by molar-refractivity contribution is 5.41. The van der Waals surface area contributed by atoms with Crippen molar-refractivity contribution in [3.8, 4) is 5.75 Å². The Morgan fingerprint density at radius 3 is 2.94 bits per heavy atom. The molecule has 0 spiro atoms. The molecule has 2 heteroatoms. The lowest BCUT2D eigenvalue weighted by Crippen LogP contribution is -2.27. The summed E-state index contributed by atoms with van der Waals surface area (Å²) in [6.07, 6.45) is 3.76. The van der Waals surface area contributed by atoms with E-state index < -0.39 is 0 Å². The molecule has 1 aliphatic heterocycles. The van der Waals surface area contributed by atoms with Gasteiger partial charge >= 0.3 is 0 Å². The van der Waals surface area contributed by atoms with E-state index in [1.165, 1.54) is 24.0 Å². The molecule has 1 aromatic carbocycles. The number of hydrogen-bond acceptors (Lipinski definition) is 2. The van der Waals surface area contributed by atoms with Gasteiger partial charge in [0, 0.05) is 12.5 Å². The highest BCUT2D eigenvalue weighted by atomic mass is 16.5. The molecule has 0 radical (unpaired) electrons. The predicted octanol–water partition coefficient (Wildman–Crippen LogP) is 3.07. The smallest absolute Gasteiger partial charge is 0.122 e. The van der Waals surface area contributed by atoms with Crippen molar-refractivity contribution in [3.05, 3.63) is 29.3 Å². The lowest BCUT2D eigenvalue weighted by atomic mass is 9.90. The summed E-state index contributed by atoms with van der Waals surface area (Å²) in [7, 11) is 0. The van der Waals surface area contributed by atoms with E-state index in [1.807, 2.05) is 0 Å². The van der Waals surface area contributed by atoms with E-state index in [2.05, 4.69) is 37.4 Å². The van der Waals surface area contributed by atoms with Gasteiger partial charge in [-0.1, -0.05) is 26.0 Å². The number of rotatable bonds is 4. The zero-order chi connectivity index (χ0) is 11.9. The Bertz CT molecular complexity index is 423. The molecule has 1 aromatic rings. The number of ether oxygens (including phenoxy) is 1. The number of fused-ring (bicyclic) bond motifs is 1. The van der Waals surface area contributed by atoms with Crippen LogP contribution in [0.3, 0.4) is 0 Å². The van der Waals surface area contributed by atoms with Crippen molar-refractivity contribution in [2.24, 2.45) is 5.41 Å².